The van der Waals surface area contributed by atoms with Gasteiger partial charge in [0.15, 0.2) is 0 Å². The van der Waals surface area contributed by atoms with E-state index in [2.05, 4.69) is 14.4 Å². The third-order valence-corrected chi connectivity index (χ3v) is 2.13. The van der Waals surface area contributed by atoms with Gasteiger partial charge in [-0.05, 0) is 12.1 Å². The zero-order valence-corrected chi connectivity index (χ0v) is 9.19. The first-order valence-electron chi connectivity index (χ1n) is 4.84. The molecule has 1 aromatic carbocycles. The summed E-state index contributed by atoms with van der Waals surface area (Å²) in [5.74, 6) is -0.141. The van der Waals surface area contributed by atoms with Gasteiger partial charge in [0.05, 0.1) is 7.11 Å². The molecule has 2 aromatic rings. The highest BCUT2D eigenvalue weighted by atomic mass is 19.4. The third-order valence-electron chi connectivity index (χ3n) is 2.13. The second-order valence-corrected chi connectivity index (χ2v) is 3.29. The molecule has 0 N–H and O–H groups in total. The molecule has 0 radical (unpaired) electrons. The molecule has 0 saturated heterocycles. The molecule has 0 aliphatic heterocycles. The number of methoxy groups -OCH3 is 1. The van der Waals surface area contributed by atoms with Gasteiger partial charge in [-0.25, -0.2) is 0 Å². The molecule has 0 atom stereocenters. The van der Waals surface area contributed by atoms with E-state index < -0.39 is 12.1 Å². The summed E-state index contributed by atoms with van der Waals surface area (Å²) < 4.78 is 50.3. The lowest BCUT2D eigenvalue weighted by Crippen LogP contribution is -2.17. The molecule has 0 aliphatic rings. The Hall–Kier alpha value is -2.18. The van der Waals surface area contributed by atoms with Gasteiger partial charge in [-0.15, -0.1) is 13.2 Å². The molecular weight excluding hydrogens is 251 g/mol. The molecule has 96 valence electrons. The van der Waals surface area contributed by atoms with E-state index in [1.54, 1.807) is 0 Å². The number of benzene rings is 1. The van der Waals surface area contributed by atoms with E-state index >= 15 is 0 Å². The predicted molar refractivity (Wildman–Crippen MR) is 55.2 cm³/mol. The zero-order valence-electron chi connectivity index (χ0n) is 9.19. The summed E-state index contributed by atoms with van der Waals surface area (Å²) in [6, 6.07) is 5.49. The van der Waals surface area contributed by atoms with E-state index in [1.165, 1.54) is 31.6 Å². The maximum atomic E-state index is 12.3. The number of aromatic nitrogens is 1. The first kappa shape index (κ1) is 12.3. The second kappa shape index (κ2) is 4.59. The lowest BCUT2D eigenvalue weighted by molar-refractivity contribution is -0.274. The lowest BCUT2D eigenvalue weighted by Gasteiger charge is -2.13. The van der Waals surface area contributed by atoms with Crippen molar-refractivity contribution in [2.24, 2.45) is 0 Å². The Morgan fingerprint density at radius 3 is 2.56 bits per heavy atom. The summed E-state index contributed by atoms with van der Waals surface area (Å²) >= 11 is 0. The quantitative estimate of drug-likeness (QED) is 0.848. The van der Waals surface area contributed by atoms with Crippen molar-refractivity contribution in [2.75, 3.05) is 7.11 Å². The highest BCUT2D eigenvalue weighted by Crippen LogP contribution is 2.35. The molecule has 4 nitrogen and oxygen atoms in total. The fraction of sp³-hybridized carbons (Fsp3) is 0.182. The van der Waals surface area contributed by atoms with Gasteiger partial charge in [-0.1, -0.05) is 5.16 Å². The summed E-state index contributed by atoms with van der Waals surface area (Å²) in [4.78, 5) is 0. The number of hydrogen-bond donors (Lipinski definition) is 0. The van der Waals surface area contributed by atoms with Crippen LogP contribution in [0.25, 0.3) is 11.3 Å². The van der Waals surface area contributed by atoms with Crippen LogP contribution >= 0.6 is 0 Å². The summed E-state index contributed by atoms with van der Waals surface area (Å²) in [6.45, 7) is 0. The van der Waals surface area contributed by atoms with Gasteiger partial charge in [-0.3, -0.25) is 0 Å². The Bertz CT molecular complexity index is 523. The largest absolute Gasteiger partial charge is 0.573 e. The molecule has 7 heteroatoms. The standard InChI is InChI=1S/C11H8F3NO3/c1-16-7-2-3-8(9-4-5-17-15-9)10(6-7)18-11(12,13)14/h2-6H,1H3. The fourth-order valence-electron chi connectivity index (χ4n) is 1.40. The van der Waals surface area contributed by atoms with Crippen LogP contribution in [0.15, 0.2) is 35.1 Å². The second-order valence-electron chi connectivity index (χ2n) is 3.29. The van der Waals surface area contributed by atoms with E-state index in [0.717, 1.165) is 6.07 Å². The summed E-state index contributed by atoms with van der Waals surface area (Å²) in [5.41, 5.74) is 0.416. The number of ether oxygens (including phenoxy) is 2. The SMILES string of the molecule is COc1ccc(-c2ccon2)c(OC(F)(F)F)c1. The maximum absolute atomic E-state index is 12.3. The molecule has 0 fully saturated rings. The normalized spacial score (nSPS) is 11.3. The highest BCUT2D eigenvalue weighted by molar-refractivity contribution is 5.68. The van der Waals surface area contributed by atoms with Crippen LogP contribution in [0.4, 0.5) is 13.2 Å². The van der Waals surface area contributed by atoms with Crippen molar-refractivity contribution in [3.05, 3.63) is 30.5 Å². The molecule has 0 aliphatic carbocycles. The molecule has 0 unspecified atom stereocenters. The summed E-state index contributed by atoms with van der Waals surface area (Å²) in [5, 5.41) is 3.57. The van der Waals surface area contributed by atoms with Crippen LogP contribution in [0.2, 0.25) is 0 Å². The number of alkyl halides is 3. The molecule has 2 rings (SSSR count). The smallest absolute Gasteiger partial charge is 0.497 e. The minimum atomic E-state index is -4.79. The van der Waals surface area contributed by atoms with Crippen molar-refractivity contribution in [3.63, 3.8) is 0 Å². The van der Waals surface area contributed by atoms with Crippen molar-refractivity contribution >= 4 is 0 Å². The van der Waals surface area contributed by atoms with Crippen LogP contribution in [0.1, 0.15) is 0 Å². The Labute approximate surface area is 99.9 Å². The van der Waals surface area contributed by atoms with Crippen LogP contribution in [-0.2, 0) is 0 Å². The molecule has 0 amide bonds. The Morgan fingerprint density at radius 2 is 2.00 bits per heavy atom. The number of hydrogen-bond acceptors (Lipinski definition) is 4. The van der Waals surface area contributed by atoms with Gasteiger partial charge in [0, 0.05) is 17.7 Å². The average molecular weight is 259 g/mol. The number of rotatable bonds is 3. The van der Waals surface area contributed by atoms with Crippen molar-refractivity contribution in [1.82, 2.24) is 5.16 Å². The van der Waals surface area contributed by atoms with Gasteiger partial charge in [0.2, 0.25) is 0 Å². The van der Waals surface area contributed by atoms with Gasteiger partial charge in [-0.2, -0.15) is 0 Å². The Kier molecular flexibility index (Phi) is 3.14. The Balaban J connectivity index is 2.45. The number of nitrogens with zero attached hydrogens (tertiary/aromatic N) is 1. The van der Waals surface area contributed by atoms with Crippen LogP contribution < -0.4 is 9.47 Å². The van der Waals surface area contributed by atoms with Gasteiger partial charge >= 0.3 is 6.36 Å². The third kappa shape index (κ3) is 2.73. The van der Waals surface area contributed by atoms with Crippen molar-refractivity contribution in [2.45, 2.75) is 6.36 Å². The van der Waals surface area contributed by atoms with Crippen LogP contribution in [-0.4, -0.2) is 18.6 Å². The van der Waals surface area contributed by atoms with Crippen molar-refractivity contribution in [3.8, 4) is 22.8 Å². The summed E-state index contributed by atoms with van der Waals surface area (Å²) in [6.07, 6.45) is -3.53. The lowest BCUT2D eigenvalue weighted by atomic mass is 10.1. The van der Waals surface area contributed by atoms with E-state index in [4.69, 9.17) is 4.74 Å². The van der Waals surface area contributed by atoms with E-state index in [-0.39, 0.29) is 17.0 Å². The average Bonchev–Trinajstić information content (AvgIpc) is 2.80. The van der Waals surface area contributed by atoms with Gasteiger partial charge < -0.3 is 14.0 Å². The van der Waals surface area contributed by atoms with E-state index in [0.29, 0.717) is 0 Å². The zero-order chi connectivity index (χ0) is 13.2. The predicted octanol–water partition coefficient (Wildman–Crippen LogP) is 3.25. The molecule has 1 aromatic heterocycles. The number of halogens is 3. The van der Waals surface area contributed by atoms with Crippen LogP contribution in [0, 0.1) is 0 Å². The Morgan fingerprint density at radius 1 is 1.22 bits per heavy atom. The molecule has 0 saturated carbocycles. The van der Waals surface area contributed by atoms with E-state index in [1.807, 2.05) is 0 Å². The van der Waals surface area contributed by atoms with Crippen LogP contribution in [0.5, 0.6) is 11.5 Å². The highest BCUT2D eigenvalue weighted by Gasteiger charge is 2.32. The maximum Gasteiger partial charge on any atom is 0.573 e. The van der Waals surface area contributed by atoms with E-state index in [9.17, 15) is 13.2 Å². The minimum absolute atomic E-state index is 0.168. The topological polar surface area (TPSA) is 44.5 Å². The summed E-state index contributed by atoms with van der Waals surface area (Å²) in [7, 11) is 1.35. The van der Waals surface area contributed by atoms with Crippen LogP contribution in [0.3, 0.4) is 0 Å². The van der Waals surface area contributed by atoms with Crippen molar-refractivity contribution in [1.29, 1.82) is 0 Å². The monoisotopic (exact) mass is 259 g/mol. The first-order valence-corrected chi connectivity index (χ1v) is 4.84. The molecule has 0 bridgehead atoms. The molecule has 18 heavy (non-hydrogen) atoms. The van der Waals surface area contributed by atoms with Gasteiger partial charge in [0.25, 0.3) is 0 Å². The van der Waals surface area contributed by atoms with Gasteiger partial charge in [0.1, 0.15) is 23.5 Å². The first-order chi connectivity index (χ1) is 8.49. The minimum Gasteiger partial charge on any atom is -0.497 e. The fourth-order valence-corrected chi connectivity index (χ4v) is 1.40. The molecular formula is C11H8F3NO3. The molecule has 0 spiro atoms. The van der Waals surface area contributed by atoms with Crippen molar-refractivity contribution < 1.29 is 27.2 Å². The molecule has 1 heterocycles.